The molecule has 1 aliphatic heterocycles. The lowest BCUT2D eigenvalue weighted by Crippen LogP contribution is -2.15. The summed E-state index contributed by atoms with van der Waals surface area (Å²) >= 11 is 0. The molecule has 0 amide bonds. The lowest BCUT2D eigenvalue weighted by Gasteiger charge is -2.18. The van der Waals surface area contributed by atoms with Crippen LogP contribution in [0.4, 0.5) is 11.4 Å². The number of nitro groups is 1. The monoisotopic (exact) mass is 282 g/mol. The van der Waals surface area contributed by atoms with Gasteiger partial charge in [-0.25, -0.2) is 0 Å². The van der Waals surface area contributed by atoms with E-state index < -0.39 is 4.92 Å². The van der Waals surface area contributed by atoms with Crippen LogP contribution in [-0.2, 0) is 13.1 Å². The van der Waals surface area contributed by atoms with Gasteiger partial charge in [-0.2, -0.15) is 0 Å². The van der Waals surface area contributed by atoms with Crippen molar-refractivity contribution in [2.45, 2.75) is 20.0 Å². The van der Waals surface area contributed by atoms with Gasteiger partial charge in [-0.3, -0.25) is 14.9 Å². The van der Waals surface area contributed by atoms with E-state index in [1.54, 1.807) is 12.1 Å². The number of ketones is 1. The van der Waals surface area contributed by atoms with Gasteiger partial charge in [0, 0.05) is 24.8 Å². The molecule has 0 N–H and O–H groups in total. The number of fused-ring (bicyclic) bond motifs is 1. The Labute approximate surface area is 122 Å². The summed E-state index contributed by atoms with van der Waals surface area (Å²) in [7, 11) is 0. The van der Waals surface area contributed by atoms with Crippen LogP contribution in [0.2, 0.25) is 0 Å². The van der Waals surface area contributed by atoms with Crippen molar-refractivity contribution in [3.05, 3.63) is 69.3 Å². The van der Waals surface area contributed by atoms with Crippen molar-refractivity contribution in [1.82, 2.24) is 0 Å². The van der Waals surface area contributed by atoms with E-state index in [0.717, 1.165) is 18.8 Å². The molecule has 0 aliphatic carbocycles. The highest BCUT2D eigenvalue weighted by molar-refractivity contribution is 5.99. The van der Waals surface area contributed by atoms with Gasteiger partial charge in [0.05, 0.1) is 10.5 Å². The second-order valence-corrected chi connectivity index (χ2v) is 5.14. The maximum atomic E-state index is 11.6. The summed E-state index contributed by atoms with van der Waals surface area (Å²) in [5.41, 5.74) is 3.36. The first-order valence-corrected chi connectivity index (χ1v) is 6.67. The molecule has 5 nitrogen and oxygen atoms in total. The molecule has 1 aliphatic rings. The average Bonchev–Trinajstić information content (AvgIpc) is 2.90. The number of carbonyl (C=O) groups is 1. The molecule has 5 heteroatoms. The highest BCUT2D eigenvalue weighted by Gasteiger charge is 2.23. The summed E-state index contributed by atoms with van der Waals surface area (Å²) in [6.07, 6.45) is 0. The molecule has 0 bridgehead atoms. The van der Waals surface area contributed by atoms with Crippen molar-refractivity contribution in [3.63, 3.8) is 0 Å². The van der Waals surface area contributed by atoms with E-state index in [9.17, 15) is 14.9 Å². The Balaban J connectivity index is 1.96. The number of nitrogens with zero attached hydrogens (tertiary/aromatic N) is 2. The van der Waals surface area contributed by atoms with Crippen LogP contribution in [0.5, 0.6) is 0 Å². The van der Waals surface area contributed by atoms with Crippen LogP contribution < -0.4 is 4.90 Å². The topological polar surface area (TPSA) is 63.5 Å². The van der Waals surface area contributed by atoms with Crippen LogP contribution in [0.15, 0.2) is 42.5 Å². The van der Waals surface area contributed by atoms with Crippen molar-refractivity contribution in [2.75, 3.05) is 4.90 Å². The molecule has 0 spiro atoms. The van der Waals surface area contributed by atoms with E-state index in [2.05, 4.69) is 17.0 Å². The standard InChI is InChI=1S/C16H14N2O3/c1-11(19)15-8-14(6-7-16(15)18(20)21)17-9-12-4-2-3-5-13(12)10-17/h2-8H,9-10H2,1H3. The van der Waals surface area contributed by atoms with E-state index in [4.69, 9.17) is 0 Å². The zero-order valence-electron chi connectivity index (χ0n) is 11.6. The second kappa shape index (κ2) is 5.01. The van der Waals surface area contributed by atoms with Crippen molar-refractivity contribution >= 4 is 17.2 Å². The third-order valence-corrected chi connectivity index (χ3v) is 3.76. The predicted octanol–water partition coefficient (Wildman–Crippen LogP) is 3.32. The molecule has 0 aromatic heterocycles. The minimum atomic E-state index is -0.515. The van der Waals surface area contributed by atoms with E-state index in [1.165, 1.54) is 24.1 Å². The van der Waals surface area contributed by atoms with Gasteiger partial charge in [-0.1, -0.05) is 24.3 Å². The third-order valence-electron chi connectivity index (χ3n) is 3.76. The zero-order valence-corrected chi connectivity index (χ0v) is 11.6. The first-order valence-electron chi connectivity index (χ1n) is 6.67. The Morgan fingerprint density at radius 1 is 1.14 bits per heavy atom. The fourth-order valence-corrected chi connectivity index (χ4v) is 2.68. The van der Waals surface area contributed by atoms with E-state index >= 15 is 0 Å². The summed E-state index contributed by atoms with van der Waals surface area (Å²) in [4.78, 5) is 24.2. The van der Waals surface area contributed by atoms with E-state index in [0.29, 0.717) is 0 Å². The van der Waals surface area contributed by atoms with Crippen LogP contribution in [0, 0.1) is 10.1 Å². The largest absolute Gasteiger partial charge is 0.363 e. The van der Waals surface area contributed by atoms with Crippen LogP contribution in [-0.4, -0.2) is 10.7 Å². The second-order valence-electron chi connectivity index (χ2n) is 5.14. The molecule has 1 heterocycles. The molecule has 0 saturated heterocycles. The Morgan fingerprint density at radius 2 is 1.76 bits per heavy atom. The number of carbonyl (C=O) groups excluding carboxylic acids is 1. The Hall–Kier alpha value is -2.69. The zero-order chi connectivity index (χ0) is 15.0. The molecule has 106 valence electrons. The maximum absolute atomic E-state index is 11.6. The molecule has 3 rings (SSSR count). The van der Waals surface area contributed by atoms with Gasteiger partial charge in [0.2, 0.25) is 0 Å². The highest BCUT2D eigenvalue weighted by Crippen LogP contribution is 2.31. The molecule has 0 fully saturated rings. The lowest BCUT2D eigenvalue weighted by molar-refractivity contribution is -0.385. The van der Waals surface area contributed by atoms with Crippen molar-refractivity contribution in [3.8, 4) is 0 Å². The van der Waals surface area contributed by atoms with Crippen LogP contribution in [0.25, 0.3) is 0 Å². The van der Waals surface area contributed by atoms with Crippen molar-refractivity contribution < 1.29 is 9.72 Å². The van der Waals surface area contributed by atoms with Gasteiger partial charge < -0.3 is 4.90 Å². The number of hydrogen-bond acceptors (Lipinski definition) is 4. The molecule has 0 saturated carbocycles. The van der Waals surface area contributed by atoms with E-state index in [1.807, 2.05) is 12.1 Å². The first kappa shape index (κ1) is 13.3. The van der Waals surface area contributed by atoms with Gasteiger partial charge in [0.15, 0.2) is 5.78 Å². The van der Waals surface area contributed by atoms with Crippen LogP contribution in [0.1, 0.15) is 28.4 Å². The predicted molar refractivity (Wildman–Crippen MR) is 79.4 cm³/mol. The van der Waals surface area contributed by atoms with Crippen molar-refractivity contribution in [1.29, 1.82) is 0 Å². The lowest BCUT2D eigenvalue weighted by atomic mass is 10.1. The minimum Gasteiger partial charge on any atom is -0.363 e. The molecule has 2 aromatic rings. The summed E-state index contributed by atoms with van der Waals surface area (Å²) in [6.45, 7) is 2.86. The molecule has 0 atom stereocenters. The Kier molecular flexibility index (Phi) is 3.17. The number of Topliss-reactive ketones (excluding diaryl/α,β-unsaturated/α-hetero) is 1. The highest BCUT2D eigenvalue weighted by atomic mass is 16.6. The van der Waals surface area contributed by atoms with E-state index in [-0.39, 0.29) is 17.0 Å². The summed E-state index contributed by atoms with van der Waals surface area (Å²) < 4.78 is 0. The number of benzene rings is 2. The fourth-order valence-electron chi connectivity index (χ4n) is 2.68. The molecule has 0 unspecified atom stereocenters. The number of hydrogen-bond donors (Lipinski definition) is 0. The molecule has 0 radical (unpaired) electrons. The van der Waals surface area contributed by atoms with Crippen LogP contribution in [0.3, 0.4) is 0 Å². The summed E-state index contributed by atoms with van der Waals surface area (Å²) in [5, 5.41) is 11.0. The summed E-state index contributed by atoms with van der Waals surface area (Å²) in [5.74, 6) is -0.291. The Morgan fingerprint density at radius 3 is 2.29 bits per heavy atom. The van der Waals surface area contributed by atoms with Gasteiger partial charge in [0.1, 0.15) is 0 Å². The minimum absolute atomic E-state index is 0.136. The Bertz CT molecular complexity index is 715. The summed E-state index contributed by atoms with van der Waals surface area (Å²) in [6, 6.07) is 12.9. The third kappa shape index (κ3) is 2.38. The van der Waals surface area contributed by atoms with Crippen molar-refractivity contribution in [2.24, 2.45) is 0 Å². The molecular weight excluding hydrogens is 268 g/mol. The van der Waals surface area contributed by atoms with Crippen LogP contribution >= 0.6 is 0 Å². The molecule has 21 heavy (non-hydrogen) atoms. The first-order chi connectivity index (χ1) is 10.1. The van der Waals surface area contributed by atoms with Gasteiger partial charge >= 0.3 is 0 Å². The average molecular weight is 282 g/mol. The molecular formula is C16H14N2O3. The number of anilines is 1. The SMILES string of the molecule is CC(=O)c1cc(N2Cc3ccccc3C2)ccc1[N+](=O)[O-]. The number of rotatable bonds is 3. The normalized spacial score (nSPS) is 13.1. The maximum Gasteiger partial charge on any atom is 0.280 e. The fraction of sp³-hybridized carbons (Fsp3) is 0.188. The smallest absolute Gasteiger partial charge is 0.280 e. The number of nitro benzene ring substituents is 1. The van der Waals surface area contributed by atoms with Gasteiger partial charge in [-0.05, 0) is 30.2 Å². The molecule has 2 aromatic carbocycles. The van der Waals surface area contributed by atoms with Gasteiger partial charge in [0.25, 0.3) is 5.69 Å². The van der Waals surface area contributed by atoms with Gasteiger partial charge in [-0.15, -0.1) is 0 Å². The quantitative estimate of drug-likeness (QED) is 0.492.